The van der Waals surface area contributed by atoms with Gasteiger partial charge in [0.25, 0.3) is 0 Å². The molecule has 0 saturated heterocycles. The molecule has 3 rings (SSSR count). The maximum absolute atomic E-state index is 13.8. The summed E-state index contributed by atoms with van der Waals surface area (Å²) in [7, 11) is 0. The summed E-state index contributed by atoms with van der Waals surface area (Å²) in [4.78, 5) is 11.6. The molecule has 118 valence electrons. The predicted molar refractivity (Wildman–Crippen MR) is 87.7 cm³/mol. The van der Waals surface area contributed by atoms with E-state index in [1.165, 1.54) is 12.1 Å². The highest BCUT2D eigenvalue weighted by Gasteiger charge is 2.12. The van der Waals surface area contributed by atoms with Gasteiger partial charge in [-0.1, -0.05) is 17.7 Å². The van der Waals surface area contributed by atoms with Crippen LogP contribution in [0.2, 0.25) is 5.02 Å². The summed E-state index contributed by atoms with van der Waals surface area (Å²) in [5.41, 5.74) is 1.89. The van der Waals surface area contributed by atoms with Crippen LogP contribution >= 0.6 is 11.6 Å². The van der Waals surface area contributed by atoms with Crippen LogP contribution in [0.4, 0.5) is 4.39 Å². The lowest BCUT2D eigenvalue weighted by molar-refractivity contribution is 0.298. The van der Waals surface area contributed by atoms with E-state index in [9.17, 15) is 9.18 Å². The Morgan fingerprint density at radius 2 is 2.00 bits per heavy atom. The van der Waals surface area contributed by atoms with Crippen molar-refractivity contribution < 1.29 is 13.5 Å². The van der Waals surface area contributed by atoms with Crippen LogP contribution in [0.25, 0.3) is 11.0 Å². The summed E-state index contributed by atoms with van der Waals surface area (Å²) in [5, 5.41) is 1.16. The van der Waals surface area contributed by atoms with Gasteiger partial charge >= 0.3 is 5.63 Å². The molecule has 1 aromatic heterocycles. The fourth-order valence-corrected chi connectivity index (χ4v) is 2.69. The quantitative estimate of drug-likeness (QED) is 0.648. The van der Waals surface area contributed by atoms with Gasteiger partial charge in [0.2, 0.25) is 0 Å². The van der Waals surface area contributed by atoms with Gasteiger partial charge in [-0.05, 0) is 43.7 Å². The first-order chi connectivity index (χ1) is 11.0. The third-order valence-electron chi connectivity index (χ3n) is 3.75. The van der Waals surface area contributed by atoms with Crippen LogP contribution in [0.15, 0.2) is 45.6 Å². The Bertz CT molecular complexity index is 927. The third kappa shape index (κ3) is 2.94. The normalized spacial score (nSPS) is 11.0. The van der Waals surface area contributed by atoms with Gasteiger partial charge in [0.1, 0.15) is 23.8 Å². The van der Waals surface area contributed by atoms with E-state index >= 15 is 0 Å². The number of ether oxygens (including phenoxy) is 1. The van der Waals surface area contributed by atoms with Gasteiger partial charge in [0.05, 0.1) is 5.02 Å². The van der Waals surface area contributed by atoms with E-state index in [1.807, 2.05) is 13.0 Å². The molecule has 0 aliphatic heterocycles. The van der Waals surface area contributed by atoms with Crippen LogP contribution in [-0.2, 0) is 6.61 Å². The van der Waals surface area contributed by atoms with Crippen LogP contribution in [-0.4, -0.2) is 0 Å². The number of halogens is 2. The Kier molecular flexibility index (Phi) is 4.09. The van der Waals surface area contributed by atoms with E-state index in [4.69, 9.17) is 20.8 Å². The second kappa shape index (κ2) is 6.05. The molecule has 0 atom stereocenters. The second-order valence-electron chi connectivity index (χ2n) is 5.30. The van der Waals surface area contributed by atoms with Crippen molar-refractivity contribution in [2.45, 2.75) is 20.5 Å². The molecule has 3 aromatic rings. The predicted octanol–water partition coefficient (Wildman–Crippen LogP) is 4.78. The fourth-order valence-electron chi connectivity index (χ4n) is 2.48. The number of rotatable bonds is 3. The summed E-state index contributed by atoms with van der Waals surface area (Å²) < 4.78 is 24.8. The monoisotopic (exact) mass is 332 g/mol. The van der Waals surface area contributed by atoms with Gasteiger partial charge in [0, 0.05) is 22.6 Å². The highest BCUT2D eigenvalue weighted by molar-refractivity contribution is 6.31. The average molecular weight is 333 g/mol. The van der Waals surface area contributed by atoms with E-state index in [2.05, 4.69) is 0 Å². The van der Waals surface area contributed by atoms with E-state index < -0.39 is 11.4 Å². The molecule has 23 heavy (non-hydrogen) atoms. The molecule has 0 fully saturated rings. The van der Waals surface area contributed by atoms with Crippen molar-refractivity contribution >= 4 is 22.6 Å². The molecule has 1 heterocycles. The first-order valence-electron chi connectivity index (χ1n) is 7.07. The van der Waals surface area contributed by atoms with Crippen LogP contribution in [0.5, 0.6) is 5.75 Å². The Morgan fingerprint density at radius 1 is 1.22 bits per heavy atom. The van der Waals surface area contributed by atoms with Crippen molar-refractivity contribution in [1.29, 1.82) is 0 Å². The van der Waals surface area contributed by atoms with Crippen molar-refractivity contribution in [1.82, 2.24) is 0 Å². The van der Waals surface area contributed by atoms with E-state index in [1.54, 1.807) is 25.1 Å². The summed E-state index contributed by atoms with van der Waals surface area (Å²) in [6, 6.07) is 9.53. The molecular formula is C18H14ClFO3. The summed E-state index contributed by atoms with van der Waals surface area (Å²) in [6.45, 7) is 3.63. The zero-order valence-electron chi connectivity index (χ0n) is 12.7. The molecular weight excluding hydrogens is 319 g/mol. The number of fused-ring (bicyclic) bond motifs is 1. The van der Waals surface area contributed by atoms with E-state index in [0.29, 0.717) is 27.5 Å². The lowest BCUT2D eigenvalue weighted by Gasteiger charge is -2.12. The number of hydrogen-bond donors (Lipinski definition) is 0. The Balaban J connectivity index is 1.98. The first kappa shape index (κ1) is 15.6. The molecule has 3 nitrogen and oxygen atoms in total. The van der Waals surface area contributed by atoms with Crippen molar-refractivity contribution in [2.24, 2.45) is 0 Å². The molecule has 0 saturated carbocycles. The third-order valence-corrected chi connectivity index (χ3v) is 4.11. The Labute approximate surface area is 137 Å². The van der Waals surface area contributed by atoms with Gasteiger partial charge in [-0.25, -0.2) is 9.18 Å². The first-order valence-corrected chi connectivity index (χ1v) is 7.45. The lowest BCUT2D eigenvalue weighted by Crippen LogP contribution is -2.03. The molecule has 2 aromatic carbocycles. The fraction of sp³-hybridized carbons (Fsp3) is 0.167. The molecule has 5 heteroatoms. The summed E-state index contributed by atoms with van der Waals surface area (Å²) in [6.07, 6.45) is 0. The Hall–Kier alpha value is -2.33. The smallest absolute Gasteiger partial charge is 0.336 e. The standard InChI is InChI=1S/C18H14ClFO3/c1-10-8-17(21)23-18-11(2)16(7-6-12(10)18)22-9-13-14(19)4-3-5-15(13)20/h3-8H,9H2,1-2H3. The van der Waals surface area contributed by atoms with Gasteiger partial charge in [-0.3, -0.25) is 0 Å². The van der Waals surface area contributed by atoms with Crippen LogP contribution in [0.1, 0.15) is 16.7 Å². The Morgan fingerprint density at radius 3 is 2.74 bits per heavy atom. The van der Waals surface area contributed by atoms with Gasteiger partial charge in [0.15, 0.2) is 0 Å². The van der Waals surface area contributed by atoms with Crippen LogP contribution in [0.3, 0.4) is 0 Å². The summed E-state index contributed by atoms with van der Waals surface area (Å²) in [5.74, 6) is 0.101. The molecule has 0 bridgehead atoms. The number of aryl methyl sites for hydroxylation is 2. The SMILES string of the molecule is Cc1cc(=O)oc2c(C)c(OCc3c(F)cccc3Cl)ccc12. The van der Waals surface area contributed by atoms with Gasteiger partial charge < -0.3 is 9.15 Å². The lowest BCUT2D eigenvalue weighted by atomic mass is 10.1. The zero-order valence-corrected chi connectivity index (χ0v) is 13.4. The summed E-state index contributed by atoms with van der Waals surface area (Å²) >= 11 is 5.99. The van der Waals surface area contributed by atoms with Crippen molar-refractivity contribution in [3.05, 3.63) is 74.3 Å². The van der Waals surface area contributed by atoms with Gasteiger partial charge in [-0.2, -0.15) is 0 Å². The topological polar surface area (TPSA) is 39.4 Å². The van der Waals surface area contributed by atoms with Crippen molar-refractivity contribution in [3.8, 4) is 5.75 Å². The molecule has 0 unspecified atom stereocenters. The molecule has 0 radical (unpaired) electrons. The second-order valence-corrected chi connectivity index (χ2v) is 5.71. The van der Waals surface area contributed by atoms with Crippen molar-refractivity contribution in [2.75, 3.05) is 0 Å². The molecule has 0 N–H and O–H groups in total. The van der Waals surface area contributed by atoms with Gasteiger partial charge in [-0.15, -0.1) is 0 Å². The van der Waals surface area contributed by atoms with E-state index in [-0.39, 0.29) is 6.61 Å². The maximum atomic E-state index is 13.8. The van der Waals surface area contributed by atoms with Crippen LogP contribution in [0, 0.1) is 19.7 Å². The minimum Gasteiger partial charge on any atom is -0.488 e. The average Bonchev–Trinajstić information content (AvgIpc) is 2.49. The highest BCUT2D eigenvalue weighted by atomic mass is 35.5. The number of hydrogen-bond acceptors (Lipinski definition) is 3. The maximum Gasteiger partial charge on any atom is 0.336 e. The highest BCUT2D eigenvalue weighted by Crippen LogP contribution is 2.29. The van der Waals surface area contributed by atoms with Crippen molar-refractivity contribution in [3.63, 3.8) is 0 Å². The minimum atomic E-state index is -0.418. The number of benzene rings is 2. The molecule has 0 aliphatic rings. The zero-order chi connectivity index (χ0) is 16.6. The molecule has 0 aliphatic carbocycles. The largest absolute Gasteiger partial charge is 0.488 e. The van der Waals surface area contributed by atoms with Crippen LogP contribution < -0.4 is 10.4 Å². The molecule has 0 spiro atoms. The molecule has 0 amide bonds. The van der Waals surface area contributed by atoms with E-state index in [0.717, 1.165) is 10.9 Å². The minimum absolute atomic E-state index is 0.00605.